The molecule has 0 atom stereocenters. The Morgan fingerprint density at radius 1 is 1.04 bits per heavy atom. The highest BCUT2D eigenvalue weighted by atomic mass is 32.2. The number of nitrogens with zero attached hydrogens (tertiary/aromatic N) is 2. The van der Waals surface area contributed by atoms with Crippen molar-refractivity contribution in [1.29, 1.82) is 0 Å². The summed E-state index contributed by atoms with van der Waals surface area (Å²) in [7, 11) is -2.15. The minimum Gasteiger partial charge on any atom is -0.497 e. The second-order valence-corrected chi connectivity index (χ2v) is 6.69. The molecule has 0 amide bonds. The molecular formula is C16H15N3O4S. The zero-order valence-electron chi connectivity index (χ0n) is 13.1. The molecule has 3 aromatic rings. The number of sulfonamides is 1. The first-order chi connectivity index (χ1) is 11.5. The number of methoxy groups -OCH3 is 1. The van der Waals surface area contributed by atoms with E-state index < -0.39 is 10.0 Å². The number of nitrogens with one attached hydrogen (secondary N) is 1. The molecule has 1 heterocycles. The lowest BCUT2D eigenvalue weighted by Crippen LogP contribution is -2.12. The van der Waals surface area contributed by atoms with Crippen molar-refractivity contribution in [2.24, 2.45) is 0 Å². The molecule has 124 valence electrons. The predicted octanol–water partition coefficient (Wildman–Crippen LogP) is 2.85. The lowest BCUT2D eigenvalue weighted by Gasteiger charge is -2.09. The van der Waals surface area contributed by atoms with Crippen molar-refractivity contribution in [3.63, 3.8) is 0 Å². The van der Waals surface area contributed by atoms with Crippen molar-refractivity contribution >= 4 is 15.7 Å². The molecule has 0 saturated carbocycles. The van der Waals surface area contributed by atoms with Gasteiger partial charge in [-0.05, 0) is 55.5 Å². The van der Waals surface area contributed by atoms with Gasteiger partial charge in [0.15, 0.2) is 5.82 Å². The van der Waals surface area contributed by atoms with Gasteiger partial charge in [0.2, 0.25) is 0 Å². The molecule has 0 bridgehead atoms. The number of ether oxygens (including phenoxy) is 1. The average Bonchev–Trinajstić information content (AvgIpc) is 3.02. The molecule has 0 aliphatic heterocycles. The summed E-state index contributed by atoms with van der Waals surface area (Å²) >= 11 is 0. The molecule has 7 nitrogen and oxygen atoms in total. The number of hydrogen-bond acceptors (Lipinski definition) is 6. The molecule has 24 heavy (non-hydrogen) atoms. The van der Waals surface area contributed by atoms with Crippen LogP contribution in [-0.4, -0.2) is 25.7 Å². The average molecular weight is 345 g/mol. The van der Waals surface area contributed by atoms with E-state index in [0.717, 1.165) is 0 Å². The molecule has 0 aliphatic carbocycles. The second kappa shape index (κ2) is 6.32. The summed E-state index contributed by atoms with van der Waals surface area (Å²) < 4.78 is 37.3. The predicted molar refractivity (Wildman–Crippen MR) is 88.3 cm³/mol. The van der Waals surface area contributed by atoms with Gasteiger partial charge in [-0.3, -0.25) is 4.72 Å². The Labute approximate surface area is 139 Å². The summed E-state index contributed by atoms with van der Waals surface area (Å²) in [6.45, 7) is 1.73. The van der Waals surface area contributed by atoms with Crippen LogP contribution in [-0.2, 0) is 10.0 Å². The van der Waals surface area contributed by atoms with E-state index in [0.29, 0.717) is 28.7 Å². The molecule has 0 aliphatic rings. The van der Waals surface area contributed by atoms with Gasteiger partial charge in [-0.1, -0.05) is 5.16 Å². The Morgan fingerprint density at radius 3 is 2.25 bits per heavy atom. The summed E-state index contributed by atoms with van der Waals surface area (Å²) in [5, 5.41) is 3.72. The van der Waals surface area contributed by atoms with E-state index in [9.17, 15) is 8.42 Å². The van der Waals surface area contributed by atoms with Crippen LogP contribution in [0.3, 0.4) is 0 Å². The normalized spacial score (nSPS) is 11.2. The van der Waals surface area contributed by atoms with Crippen LogP contribution in [0.25, 0.3) is 11.5 Å². The number of hydrogen-bond donors (Lipinski definition) is 1. The Balaban J connectivity index is 1.79. The Bertz CT molecular complexity index is 932. The second-order valence-electron chi connectivity index (χ2n) is 5.01. The fourth-order valence-electron chi connectivity index (χ4n) is 2.06. The van der Waals surface area contributed by atoms with Gasteiger partial charge in [-0.2, -0.15) is 4.98 Å². The monoisotopic (exact) mass is 345 g/mol. The first-order valence-electron chi connectivity index (χ1n) is 7.05. The van der Waals surface area contributed by atoms with E-state index in [1.807, 2.05) is 0 Å². The van der Waals surface area contributed by atoms with Crippen LogP contribution < -0.4 is 9.46 Å². The third-order valence-electron chi connectivity index (χ3n) is 3.28. The van der Waals surface area contributed by atoms with Crippen LogP contribution in [0, 0.1) is 6.92 Å². The summed E-state index contributed by atoms with van der Waals surface area (Å²) in [5.74, 6) is 1.51. The fourth-order valence-corrected chi connectivity index (χ4v) is 3.12. The summed E-state index contributed by atoms with van der Waals surface area (Å²) in [6.07, 6.45) is 0. The van der Waals surface area contributed by atoms with Crippen LogP contribution in [0.15, 0.2) is 57.9 Å². The van der Waals surface area contributed by atoms with Crippen LogP contribution in [0.1, 0.15) is 5.82 Å². The van der Waals surface area contributed by atoms with Gasteiger partial charge in [0.05, 0.1) is 12.0 Å². The molecular weight excluding hydrogens is 330 g/mol. The van der Waals surface area contributed by atoms with Gasteiger partial charge in [0.25, 0.3) is 15.9 Å². The van der Waals surface area contributed by atoms with Gasteiger partial charge in [0.1, 0.15) is 5.75 Å². The maximum Gasteiger partial charge on any atom is 0.261 e. The smallest absolute Gasteiger partial charge is 0.261 e. The van der Waals surface area contributed by atoms with E-state index >= 15 is 0 Å². The van der Waals surface area contributed by atoms with Gasteiger partial charge in [-0.25, -0.2) is 8.42 Å². The Morgan fingerprint density at radius 2 is 1.71 bits per heavy atom. The first-order valence-corrected chi connectivity index (χ1v) is 8.54. The largest absolute Gasteiger partial charge is 0.497 e. The van der Waals surface area contributed by atoms with Crippen molar-refractivity contribution in [3.8, 4) is 17.2 Å². The summed E-state index contributed by atoms with van der Waals surface area (Å²) in [4.78, 5) is 4.27. The molecule has 1 N–H and O–H groups in total. The fraction of sp³-hybridized carbons (Fsp3) is 0.125. The Hall–Kier alpha value is -2.87. The molecule has 0 unspecified atom stereocenters. The highest BCUT2D eigenvalue weighted by Crippen LogP contribution is 2.22. The third-order valence-corrected chi connectivity index (χ3v) is 4.68. The minimum atomic E-state index is -3.67. The zero-order chi connectivity index (χ0) is 17.2. The van der Waals surface area contributed by atoms with Crippen LogP contribution in [0.5, 0.6) is 5.75 Å². The molecule has 3 rings (SSSR count). The Kier molecular flexibility index (Phi) is 4.22. The van der Waals surface area contributed by atoms with E-state index in [1.165, 1.54) is 19.2 Å². The highest BCUT2D eigenvalue weighted by molar-refractivity contribution is 7.92. The quantitative estimate of drug-likeness (QED) is 0.764. The van der Waals surface area contributed by atoms with Gasteiger partial charge < -0.3 is 9.26 Å². The minimum absolute atomic E-state index is 0.153. The molecule has 2 aromatic carbocycles. The van der Waals surface area contributed by atoms with Crippen molar-refractivity contribution < 1.29 is 17.7 Å². The number of anilines is 1. The summed E-state index contributed by atoms with van der Waals surface area (Å²) in [6, 6.07) is 12.8. The van der Waals surface area contributed by atoms with E-state index in [4.69, 9.17) is 9.26 Å². The molecule has 0 radical (unpaired) electrons. The zero-order valence-corrected chi connectivity index (χ0v) is 13.9. The van der Waals surface area contributed by atoms with Gasteiger partial charge >= 0.3 is 0 Å². The first kappa shape index (κ1) is 16.0. The standard InChI is InChI=1S/C16H15N3O4S/c1-11-17-16(23-18-11)12-3-5-13(6-4-12)19-24(20,21)15-9-7-14(22-2)8-10-15/h3-10,19H,1-2H3. The molecule has 0 saturated heterocycles. The number of aryl methyl sites for hydroxylation is 1. The lowest BCUT2D eigenvalue weighted by molar-refractivity contribution is 0.414. The number of benzene rings is 2. The van der Waals surface area contributed by atoms with Crippen molar-refractivity contribution in [2.45, 2.75) is 11.8 Å². The van der Waals surface area contributed by atoms with Crippen LogP contribution >= 0.6 is 0 Å². The summed E-state index contributed by atoms with van der Waals surface area (Å²) in [5.41, 5.74) is 1.15. The number of aromatic nitrogens is 2. The van der Waals surface area contributed by atoms with Gasteiger partial charge in [0, 0.05) is 11.3 Å². The molecule has 0 spiro atoms. The van der Waals surface area contributed by atoms with Crippen molar-refractivity contribution in [2.75, 3.05) is 11.8 Å². The lowest BCUT2D eigenvalue weighted by atomic mass is 10.2. The molecule has 8 heteroatoms. The van der Waals surface area contributed by atoms with Crippen molar-refractivity contribution in [1.82, 2.24) is 10.1 Å². The van der Waals surface area contributed by atoms with Gasteiger partial charge in [-0.15, -0.1) is 0 Å². The molecule has 1 aromatic heterocycles. The highest BCUT2D eigenvalue weighted by Gasteiger charge is 2.14. The van der Waals surface area contributed by atoms with Crippen LogP contribution in [0.2, 0.25) is 0 Å². The number of rotatable bonds is 5. The van der Waals surface area contributed by atoms with Crippen LogP contribution in [0.4, 0.5) is 5.69 Å². The van der Waals surface area contributed by atoms with Crippen molar-refractivity contribution in [3.05, 3.63) is 54.4 Å². The molecule has 0 fully saturated rings. The van der Waals surface area contributed by atoms with E-state index in [1.54, 1.807) is 43.3 Å². The van der Waals surface area contributed by atoms with E-state index in [2.05, 4.69) is 14.9 Å². The maximum absolute atomic E-state index is 12.4. The SMILES string of the molecule is COc1ccc(S(=O)(=O)Nc2ccc(-c3nc(C)no3)cc2)cc1. The maximum atomic E-state index is 12.4. The third kappa shape index (κ3) is 3.38. The topological polar surface area (TPSA) is 94.3 Å². The van der Waals surface area contributed by atoms with E-state index in [-0.39, 0.29) is 4.90 Å².